The summed E-state index contributed by atoms with van der Waals surface area (Å²) in [6.45, 7) is -0.0145. The van der Waals surface area contributed by atoms with Crippen molar-refractivity contribution in [2.75, 3.05) is 6.61 Å². The summed E-state index contributed by atoms with van der Waals surface area (Å²) >= 11 is 2.11. The molecule has 1 aliphatic heterocycles. The first-order chi connectivity index (χ1) is 12.1. The number of nitriles is 1. The van der Waals surface area contributed by atoms with Crippen LogP contribution < -0.4 is 4.74 Å². The number of rotatable bonds is 4. The Bertz CT molecular complexity index is 828. The minimum absolute atomic E-state index is 0.0145. The third-order valence-electron chi connectivity index (χ3n) is 5.02. The second-order valence-corrected chi connectivity index (χ2v) is 7.53. The minimum atomic E-state index is -0.235. The highest BCUT2D eigenvalue weighted by atomic mass is 127. The molecule has 1 saturated heterocycles. The summed E-state index contributed by atoms with van der Waals surface area (Å²) in [5.74, 6) is 0.139. The van der Waals surface area contributed by atoms with Gasteiger partial charge in [0.2, 0.25) is 0 Å². The quantitative estimate of drug-likeness (QED) is 0.307. The molecular weight excluding hydrogens is 433 g/mol. The van der Waals surface area contributed by atoms with E-state index in [-0.39, 0.29) is 42.1 Å². The Morgan fingerprint density at radius 3 is 2.56 bits per heavy atom. The van der Waals surface area contributed by atoms with Crippen LogP contribution in [-0.2, 0) is 9.59 Å². The van der Waals surface area contributed by atoms with Crippen LogP contribution in [0.4, 0.5) is 0 Å². The largest absolute Gasteiger partial charge is 0.478 e. The molecule has 1 saturated carbocycles. The molecule has 6 nitrogen and oxygen atoms in total. The van der Waals surface area contributed by atoms with Crippen molar-refractivity contribution in [3.63, 3.8) is 0 Å². The lowest BCUT2D eigenvalue weighted by molar-refractivity contribution is -0.140. The molecule has 1 aromatic carbocycles. The summed E-state index contributed by atoms with van der Waals surface area (Å²) in [5, 5.41) is 13.8. The van der Waals surface area contributed by atoms with Gasteiger partial charge in [0, 0.05) is 0 Å². The molecule has 1 heterocycles. The molecule has 0 aromatic heterocycles. The maximum absolute atomic E-state index is 12.6. The van der Waals surface area contributed by atoms with Crippen LogP contribution in [0.5, 0.6) is 5.75 Å². The van der Waals surface area contributed by atoms with Crippen molar-refractivity contribution in [1.82, 2.24) is 5.01 Å². The molecule has 4 rings (SSSR count). The van der Waals surface area contributed by atoms with Crippen LogP contribution in [0.2, 0.25) is 0 Å². The van der Waals surface area contributed by atoms with E-state index < -0.39 is 0 Å². The van der Waals surface area contributed by atoms with Gasteiger partial charge < -0.3 is 4.74 Å². The number of hydrogen-bond acceptors (Lipinski definition) is 5. The van der Waals surface area contributed by atoms with E-state index in [1.54, 1.807) is 12.1 Å². The maximum atomic E-state index is 12.6. The highest BCUT2D eigenvalue weighted by Crippen LogP contribution is 2.52. The highest BCUT2D eigenvalue weighted by Gasteiger charge is 2.59. The number of amides is 2. The molecule has 7 heteroatoms. The van der Waals surface area contributed by atoms with Crippen molar-refractivity contribution < 1.29 is 14.3 Å². The second-order valence-electron chi connectivity index (χ2n) is 6.37. The number of allylic oxidation sites excluding steroid dienone is 2. The first-order valence-electron chi connectivity index (χ1n) is 7.99. The average Bonchev–Trinajstić information content (AvgIpc) is 3.27. The summed E-state index contributed by atoms with van der Waals surface area (Å²) in [6, 6.07) is 7.27. The van der Waals surface area contributed by atoms with Gasteiger partial charge in [-0.25, -0.2) is 0 Å². The van der Waals surface area contributed by atoms with Crippen LogP contribution in [0.15, 0.2) is 35.5 Å². The summed E-state index contributed by atoms with van der Waals surface area (Å²) in [7, 11) is 0. The van der Waals surface area contributed by atoms with E-state index in [4.69, 9.17) is 10.00 Å². The number of imide groups is 1. The maximum Gasteiger partial charge on any atom is 0.254 e. The molecule has 4 atom stereocenters. The van der Waals surface area contributed by atoms with Crippen LogP contribution in [0.3, 0.4) is 0 Å². The zero-order valence-corrected chi connectivity index (χ0v) is 15.3. The van der Waals surface area contributed by atoms with Gasteiger partial charge in [-0.05, 0) is 64.6 Å². The van der Waals surface area contributed by atoms with E-state index in [9.17, 15) is 9.59 Å². The standard InChI is InChI=1S/C18H14IN3O3/c19-13-7-10(1-4-14(13)25-6-5-20)9-21-22-17(23)15-11-2-3-12(8-11)16(15)18(22)24/h1-4,7,9,11-12,15-16H,6,8H2/t11-,12-,15-,16+/m0/s1. The second kappa shape index (κ2) is 6.26. The topological polar surface area (TPSA) is 82.8 Å². The summed E-state index contributed by atoms with van der Waals surface area (Å²) in [5.41, 5.74) is 0.757. The zero-order valence-electron chi connectivity index (χ0n) is 13.1. The molecule has 2 fully saturated rings. The number of halogens is 1. The average molecular weight is 447 g/mol. The lowest BCUT2D eigenvalue weighted by Crippen LogP contribution is -2.28. The first-order valence-corrected chi connectivity index (χ1v) is 9.07. The number of carbonyl (C=O) groups excluding carboxylic acids is 2. The third-order valence-corrected chi connectivity index (χ3v) is 5.86. The molecular formula is C18H14IN3O3. The van der Waals surface area contributed by atoms with Gasteiger partial charge in [0.05, 0.1) is 21.6 Å². The summed E-state index contributed by atoms with van der Waals surface area (Å²) in [4.78, 5) is 25.1. The van der Waals surface area contributed by atoms with E-state index in [2.05, 4.69) is 39.8 Å². The van der Waals surface area contributed by atoms with Crippen molar-refractivity contribution in [2.24, 2.45) is 28.8 Å². The fourth-order valence-corrected chi connectivity index (χ4v) is 4.64. The third kappa shape index (κ3) is 2.65. The number of hydrogen-bond donors (Lipinski definition) is 0. The zero-order chi connectivity index (χ0) is 17.6. The van der Waals surface area contributed by atoms with Crippen molar-refractivity contribution in [3.05, 3.63) is 39.5 Å². The van der Waals surface area contributed by atoms with Crippen molar-refractivity contribution >= 4 is 40.6 Å². The van der Waals surface area contributed by atoms with Gasteiger partial charge in [-0.1, -0.05) is 12.2 Å². The fraction of sp³-hybridized carbons (Fsp3) is 0.333. The van der Waals surface area contributed by atoms with Gasteiger partial charge in [0.15, 0.2) is 6.61 Å². The number of ether oxygens (including phenoxy) is 1. The molecule has 126 valence electrons. The Balaban J connectivity index is 1.51. The molecule has 2 bridgehead atoms. The van der Waals surface area contributed by atoms with Crippen molar-refractivity contribution in [2.45, 2.75) is 6.42 Å². The SMILES string of the molecule is N#CCOc1ccc(C=NN2C(=O)[C@@H]3[C@H](C2=O)[C@H]2C=C[C@H]3C2)cc1I. The highest BCUT2D eigenvalue weighted by molar-refractivity contribution is 14.1. The van der Waals surface area contributed by atoms with Crippen molar-refractivity contribution in [1.29, 1.82) is 5.26 Å². The van der Waals surface area contributed by atoms with Crippen LogP contribution in [-0.4, -0.2) is 29.6 Å². The van der Waals surface area contributed by atoms with Crippen LogP contribution in [0, 0.1) is 38.6 Å². The van der Waals surface area contributed by atoms with E-state index in [0.29, 0.717) is 5.75 Å². The van der Waals surface area contributed by atoms with Gasteiger partial charge in [0.1, 0.15) is 11.8 Å². The van der Waals surface area contributed by atoms with Crippen LogP contribution >= 0.6 is 22.6 Å². The number of benzene rings is 1. The number of hydrazone groups is 1. The predicted octanol–water partition coefficient (Wildman–Crippen LogP) is 2.33. The number of nitrogens with zero attached hydrogens (tertiary/aromatic N) is 3. The minimum Gasteiger partial charge on any atom is -0.478 e. The van der Waals surface area contributed by atoms with Crippen LogP contribution in [0.25, 0.3) is 0 Å². The Hall–Kier alpha value is -2.21. The Labute approximate surface area is 158 Å². The summed E-state index contributed by atoms with van der Waals surface area (Å²) < 4.78 is 6.12. The normalized spacial score (nSPS) is 29.5. The molecule has 0 spiro atoms. The van der Waals surface area contributed by atoms with E-state index >= 15 is 0 Å². The Morgan fingerprint density at radius 2 is 1.96 bits per heavy atom. The molecule has 0 unspecified atom stereocenters. The molecule has 3 aliphatic rings. The molecule has 2 amide bonds. The van der Waals surface area contributed by atoms with Crippen LogP contribution in [0.1, 0.15) is 12.0 Å². The lowest BCUT2D eigenvalue weighted by Gasteiger charge is -2.13. The van der Waals surface area contributed by atoms with Gasteiger partial charge in [0.25, 0.3) is 11.8 Å². The van der Waals surface area contributed by atoms with Crippen molar-refractivity contribution in [3.8, 4) is 11.8 Å². The fourth-order valence-electron chi connectivity index (χ4n) is 3.95. The van der Waals surface area contributed by atoms with E-state index in [0.717, 1.165) is 20.6 Å². The number of fused-ring (bicyclic) bond motifs is 5. The van der Waals surface area contributed by atoms with Gasteiger partial charge in [-0.2, -0.15) is 15.4 Å². The van der Waals surface area contributed by atoms with E-state index in [1.165, 1.54) is 6.21 Å². The molecule has 0 N–H and O–H groups in total. The smallest absolute Gasteiger partial charge is 0.254 e. The number of carbonyl (C=O) groups is 2. The van der Waals surface area contributed by atoms with E-state index in [1.807, 2.05) is 12.1 Å². The molecule has 1 aromatic rings. The van der Waals surface area contributed by atoms with Gasteiger partial charge in [-0.15, -0.1) is 0 Å². The van der Waals surface area contributed by atoms with Gasteiger partial charge >= 0.3 is 0 Å². The predicted molar refractivity (Wildman–Crippen MR) is 97.4 cm³/mol. The Kier molecular flexibility index (Phi) is 4.07. The Morgan fingerprint density at radius 1 is 1.28 bits per heavy atom. The molecule has 25 heavy (non-hydrogen) atoms. The molecule has 2 aliphatic carbocycles. The lowest BCUT2D eigenvalue weighted by atomic mass is 9.85. The monoisotopic (exact) mass is 447 g/mol. The van der Waals surface area contributed by atoms with Gasteiger partial charge in [-0.3, -0.25) is 9.59 Å². The summed E-state index contributed by atoms with van der Waals surface area (Å²) in [6.07, 6.45) is 6.55. The first kappa shape index (κ1) is 16.3. The molecule has 0 radical (unpaired) electrons.